The van der Waals surface area contributed by atoms with E-state index >= 15 is 0 Å². The van der Waals surface area contributed by atoms with Gasteiger partial charge in [0.1, 0.15) is 6.04 Å². The number of carboxylic acids is 1. The number of ether oxygens (including phenoxy) is 2. The summed E-state index contributed by atoms with van der Waals surface area (Å²) < 4.78 is 34.1. The number of halogens is 2. The molecular formula is C18H19F2NO4. The van der Waals surface area contributed by atoms with Crippen LogP contribution in [-0.4, -0.2) is 30.8 Å². The number of hydrogen-bond donors (Lipinski definition) is 2. The summed E-state index contributed by atoms with van der Waals surface area (Å²) in [6.45, 7) is -2.70. The van der Waals surface area contributed by atoms with Gasteiger partial charge in [-0.05, 0) is 29.7 Å². The molecule has 0 saturated heterocycles. The number of carbonyl (C=O) groups is 1. The molecule has 0 aliphatic heterocycles. The van der Waals surface area contributed by atoms with E-state index < -0.39 is 18.6 Å². The molecule has 0 aromatic heterocycles. The van der Waals surface area contributed by atoms with Gasteiger partial charge in [0.05, 0.1) is 7.11 Å². The fourth-order valence-corrected chi connectivity index (χ4v) is 2.35. The molecular weight excluding hydrogens is 332 g/mol. The Morgan fingerprint density at radius 3 is 2.44 bits per heavy atom. The van der Waals surface area contributed by atoms with E-state index in [1.807, 2.05) is 30.3 Å². The largest absolute Gasteiger partial charge is 0.493 e. The first-order valence-corrected chi connectivity index (χ1v) is 7.61. The highest BCUT2D eigenvalue weighted by Gasteiger charge is 2.18. The second-order valence-electron chi connectivity index (χ2n) is 5.33. The molecule has 2 aromatic carbocycles. The number of benzene rings is 2. The van der Waals surface area contributed by atoms with E-state index in [0.29, 0.717) is 12.0 Å². The van der Waals surface area contributed by atoms with Crippen LogP contribution in [0.3, 0.4) is 0 Å². The van der Waals surface area contributed by atoms with Gasteiger partial charge in [0.15, 0.2) is 11.5 Å². The first-order chi connectivity index (χ1) is 12.0. The fraction of sp³-hybridized carbons (Fsp3) is 0.278. The zero-order valence-electron chi connectivity index (χ0n) is 13.6. The monoisotopic (exact) mass is 351 g/mol. The number of aliphatic carboxylic acids is 1. The Bertz CT molecular complexity index is 695. The van der Waals surface area contributed by atoms with Crippen LogP contribution in [0.15, 0.2) is 48.5 Å². The lowest BCUT2D eigenvalue weighted by Gasteiger charge is -2.16. The van der Waals surface area contributed by atoms with Gasteiger partial charge in [-0.1, -0.05) is 36.4 Å². The molecule has 0 bridgehead atoms. The van der Waals surface area contributed by atoms with E-state index in [-0.39, 0.29) is 18.0 Å². The Labute approximate surface area is 144 Å². The standard InChI is InChI=1S/C18H19F2NO4/c1-24-16-10-13(7-8-15(16)25-18(19)20)11-21-14(17(22)23)9-12-5-3-2-4-6-12/h2-8,10,14,18,21H,9,11H2,1H3,(H,22,23)/t14-/m0/s1. The van der Waals surface area contributed by atoms with Crippen LogP contribution in [0.2, 0.25) is 0 Å². The predicted molar refractivity (Wildman–Crippen MR) is 88.0 cm³/mol. The van der Waals surface area contributed by atoms with Crippen molar-refractivity contribution < 1.29 is 28.2 Å². The van der Waals surface area contributed by atoms with Crippen LogP contribution in [0.25, 0.3) is 0 Å². The molecule has 0 aliphatic rings. The highest BCUT2D eigenvalue weighted by atomic mass is 19.3. The van der Waals surface area contributed by atoms with Crippen molar-refractivity contribution in [1.29, 1.82) is 0 Å². The predicted octanol–water partition coefficient (Wildman–Crippen LogP) is 3.08. The third-order valence-corrected chi connectivity index (χ3v) is 3.58. The van der Waals surface area contributed by atoms with Crippen LogP contribution in [0.5, 0.6) is 11.5 Å². The smallest absolute Gasteiger partial charge is 0.387 e. The average molecular weight is 351 g/mol. The maximum Gasteiger partial charge on any atom is 0.387 e. The molecule has 0 fully saturated rings. The summed E-state index contributed by atoms with van der Waals surface area (Å²) in [5.41, 5.74) is 1.60. The topological polar surface area (TPSA) is 67.8 Å². The van der Waals surface area contributed by atoms with Crippen LogP contribution in [0.1, 0.15) is 11.1 Å². The van der Waals surface area contributed by atoms with E-state index in [9.17, 15) is 18.7 Å². The minimum absolute atomic E-state index is 0.0691. The van der Waals surface area contributed by atoms with Crippen LogP contribution in [0, 0.1) is 0 Å². The lowest BCUT2D eigenvalue weighted by molar-refractivity contribution is -0.139. The van der Waals surface area contributed by atoms with Gasteiger partial charge in [0.25, 0.3) is 0 Å². The van der Waals surface area contributed by atoms with Crippen LogP contribution in [0.4, 0.5) is 8.78 Å². The molecule has 0 heterocycles. The molecule has 0 amide bonds. The minimum atomic E-state index is -2.94. The summed E-state index contributed by atoms with van der Waals surface area (Å²) in [4.78, 5) is 11.4. The Kier molecular flexibility index (Phi) is 6.71. The third-order valence-electron chi connectivity index (χ3n) is 3.58. The second-order valence-corrected chi connectivity index (χ2v) is 5.33. The van der Waals surface area contributed by atoms with Crippen molar-refractivity contribution in [3.8, 4) is 11.5 Å². The molecule has 0 saturated carbocycles. The number of nitrogens with one attached hydrogen (secondary N) is 1. The average Bonchev–Trinajstić information content (AvgIpc) is 2.59. The molecule has 1 atom stereocenters. The first-order valence-electron chi connectivity index (χ1n) is 7.61. The van der Waals surface area contributed by atoms with Crippen LogP contribution < -0.4 is 14.8 Å². The molecule has 0 aliphatic carbocycles. The van der Waals surface area contributed by atoms with Gasteiger partial charge in [0.2, 0.25) is 0 Å². The van der Waals surface area contributed by atoms with Gasteiger partial charge in [-0.25, -0.2) is 0 Å². The SMILES string of the molecule is COc1cc(CN[C@@H](Cc2ccccc2)C(=O)O)ccc1OC(F)F. The summed E-state index contributed by atoms with van der Waals surface area (Å²) in [7, 11) is 1.35. The van der Waals surface area contributed by atoms with E-state index in [2.05, 4.69) is 10.1 Å². The van der Waals surface area contributed by atoms with E-state index in [4.69, 9.17) is 4.74 Å². The normalized spacial score (nSPS) is 12.0. The number of hydrogen-bond acceptors (Lipinski definition) is 4. The first kappa shape index (κ1) is 18.7. The van der Waals surface area contributed by atoms with Crippen molar-refractivity contribution in [2.75, 3.05) is 7.11 Å². The van der Waals surface area contributed by atoms with Crippen LogP contribution >= 0.6 is 0 Å². The van der Waals surface area contributed by atoms with E-state index in [1.165, 1.54) is 19.2 Å². The van der Waals surface area contributed by atoms with Gasteiger partial charge in [0, 0.05) is 6.54 Å². The molecule has 0 radical (unpaired) electrons. The van der Waals surface area contributed by atoms with Gasteiger partial charge in [-0.3, -0.25) is 4.79 Å². The lowest BCUT2D eigenvalue weighted by Crippen LogP contribution is -2.38. The summed E-state index contributed by atoms with van der Waals surface area (Å²) >= 11 is 0. The summed E-state index contributed by atoms with van der Waals surface area (Å²) in [5, 5.41) is 12.3. The number of methoxy groups -OCH3 is 1. The van der Waals surface area contributed by atoms with Crippen molar-refractivity contribution >= 4 is 5.97 Å². The highest BCUT2D eigenvalue weighted by molar-refractivity contribution is 5.73. The zero-order chi connectivity index (χ0) is 18.2. The van der Waals surface area contributed by atoms with Gasteiger partial charge < -0.3 is 19.9 Å². The molecule has 134 valence electrons. The summed E-state index contributed by atoms with van der Waals surface area (Å²) in [6, 6.07) is 13.0. The van der Waals surface area contributed by atoms with Crippen molar-refractivity contribution in [3.05, 3.63) is 59.7 Å². The van der Waals surface area contributed by atoms with Crippen molar-refractivity contribution in [1.82, 2.24) is 5.32 Å². The molecule has 0 unspecified atom stereocenters. The zero-order valence-corrected chi connectivity index (χ0v) is 13.6. The van der Waals surface area contributed by atoms with Gasteiger partial charge in [-0.2, -0.15) is 8.78 Å². The van der Waals surface area contributed by atoms with Gasteiger partial charge >= 0.3 is 12.6 Å². The second kappa shape index (κ2) is 8.98. The third kappa shape index (κ3) is 5.72. The van der Waals surface area contributed by atoms with Crippen molar-refractivity contribution in [2.24, 2.45) is 0 Å². The van der Waals surface area contributed by atoms with E-state index in [1.54, 1.807) is 6.07 Å². The molecule has 7 heteroatoms. The summed E-state index contributed by atoms with van der Waals surface area (Å²) in [5.74, 6) is -0.872. The quantitative estimate of drug-likeness (QED) is 0.727. The van der Waals surface area contributed by atoms with Crippen LogP contribution in [-0.2, 0) is 17.8 Å². The fourth-order valence-electron chi connectivity index (χ4n) is 2.35. The lowest BCUT2D eigenvalue weighted by atomic mass is 10.1. The number of rotatable bonds is 9. The highest BCUT2D eigenvalue weighted by Crippen LogP contribution is 2.29. The molecule has 2 aromatic rings. The summed E-state index contributed by atoms with van der Waals surface area (Å²) in [6.07, 6.45) is 0.333. The number of carboxylic acid groups (broad SMARTS) is 1. The Balaban J connectivity index is 2.03. The molecule has 25 heavy (non-hydrogen) atoms. The Morgan fingerprint density at radius 2 is 1.84 bits per heavy atom. The van der Waals surface area contributed by atoms with Gasteiger partial charge in [-0.15, -0.1) is 0 Å². The molecule has 2 N–H and O–H groups in total. The Morgan fingerprint density at radius 1 is 1.12 bits per heavy atom. The maximum atomic E-state index is 12.3. The number of alkyl halides is 2. The molecule has 2 rings (SSSR count). The maximum absolute atomic E-state index is 12.3. The van der Waals surface area contributed by atoms with Crippen molar-refractivity contribution in [3.63, 3.8) is 0 Å². The minimum Gasteiger partial charge on any atom is -0.493 e. The molecule has 5 nitrogen and oxygen atoms in total. The van der Waals surface area contributed by atoms with Crippen molar-refractivity contribution in [2.45, 2.75) is 25.6 Å². The van der Waals surface area contributed by atoms with E-state index in [0.717, 1.165) is 5.56 Å². The molecule has 0 spiro atoms. The Hall–Kier alpha value is -2.67.